The van der Waals surface area contributed by atoms with Crippen molar-refractivity contribution in [1.29, 1.82) is 0 Å². The Labute approximate surface area is 98.8 Å². The van der Waals surface area contributed by atoms with Crippen LogP contribution in [-0.4, -0.2) is 35.9 Å². The van der Waals surface area contributed by atoms with E-state index in [-0.39, 0.29) is 0 Å². The zero-order valence-electron chi connectivity index (χ0n) is 10.4. The summed E-state index contributed by atoms with van der Waals surface area (Å²) in [5.41, 5.74) is 0. The van der Waals surface area contributed by atoms with Crippen molar-refractivity contribution in [2.24, 2.45) is 0 Å². The van der Waals surface area contributed by atoms with Crippen LogP contribution in [0.15, 0.2) is 0 Å². The van der Waals surface area contributed by atoms with Crippen LogP contribution in [0.2, 0.25) is 0 Å². The summed E-state index contributed by atoms with van der Waals surface area (Å²) in [7, 11) is 0. The predicted octanol–water partition coefficient (Wildman–Crippen LogP) is 3.17. The number of unbranched alkanes of at least 4 members (excludes halogenated alkanes) is 3. The molecule has 0 aliphatic heterocycles. The maximum atomic E-state index is 11.6. The first-order chi connectivity index (χ1) is 7.26. The van der Waals surface area contributed by atoms with Crippen LogP contribution in [0, 0.1) is 0 Å². The van der Waals surface area contributed by atoms with E-state index in [1.165, 1.54) is 19.3 Å². The zero-order valence-corrected chi connectivity index (χ0v) is 11.2. The van der Waals surface area contributed by atoms with Crippen LogP contribution >= 0.6 is 11.8 Å². The van der Waals surface area contributed by atoms with Gasteiger partial charge in [0.15, 0.2) is 0 Å². The molecule has 0 spiro atoms. The summed E-state index contributed by atoms with van der Waals surface area (Å²) in [5, 5.41) is 0. The third-order valence-electron chi connectivity index (χ3n) is 2.50. The monoisotopic (exact) mass is 231 g/mol. The van der Waals surface area contributed by atoms with Crippen LogP contribution in [0.1, 0.15) is 46.0 Å². The maximum Gasteiger partial charge on any atom is 0.222 e. The Hall–Kier alpha value is -0.180. The number of hydrogen-bond donors (Lipinski definition) is 0. The summed E-state index contributed by atoms with van der Waals surface area (Å²) < 4.78 is 0. The Kier molecular flexibility index (Phi) is 10.2. The summed E-state index contributed by atoms with van der Waals surface area (Å²) in [6, 6.07) is 0. The van der Waals surface area contributed by atoms with Gasteiger partial charge in [0.25, 0.3) is 0 Å². The molecule has 0 bridgehead atoms. The molecule has 90 valence electrons. The standard InChI is InChI=1S/C12H25NOS/c1-4-6-7-8-9-13(10-11-15-3)12(14)5-2/h4-11H2,1-3H3. The lowest BCUT2D eigenvalue weighted by Gasteiger charge is -2.21. The highest BCUT2D eigenvalue weighted by Crippen LogP contribution is 2.04. The molecule has 0 aliphatic rings. The van der Waals surface area contributed by atoms with Crippen molar-refractivity contribution in [2.75, 3.05) is 25.1 Å². The van der Waals surface area contributed by atoms with E-state index in [0.717, 1.165) is 25.3 Å². The fourth-order valence-corrected chi connectivity index (χ4v) is 1.92. The fraction of sp³-hybridized carbons (Fsp3) is 0.917. The lowest BCUT2D eigenvalue weighted by Crippen LogP contribution is -2.33. The molecule has 1 amide bonds. The van der Waals surface area contributed by atoms with Gasteiger partial charge in [-0.15, -0.1) is 0 Å². The summed E-state index contributed by atoms with van der Waals surface area (Å²) in [6.07, 6.45) is 7.69. The molecule has 0 fully saturated rings. The smallest absolute Gasteiger partial charge is 0.222 e. The van der Waals surface area contributed by atoms with Gasteiger partial charge in [0.05, 0.1) is 0 Å². The van der Waals surface area contributed by atoms with Gasteiger partial charge in [-0.1, -0.05) is 33.1 Å². The molecule has 0 aromatic carbocycles. The van der Waals surface area contributed by atoms with E-state index in [0.29, 0.717) is 12.3 Å². The van der Waals surface area contributed by atoms with Crippen molar-refractivity contribution >= 4 is 17.7 Å². The van der Waals surface area contributed by atoms with E-state index >= 15 is 0 Å². The predicted molar refractivity (Wildman–Crippen MR) is 69.4 cm³/mol. The molecule has 0 aromatic heterocycles. The molecule has 0 saturated heterocycles. The molecule has 0 saturated carbocycles. The lowest BCUT2D eigenvalue weighted by atomic mass is 10.2. The van der Waals surface area contributed by atoms with Crippen molar-refractivity contribution in [1.82, 2.24) is 4.90 Å². The number of carbonyl (C=O) groups is 1. The molecule has 15 heavy (non-hydrogen) atoms. The molecule has 3 heteroatoms. The quantitative estimate of drug-likeness (QED) is 0.568. The third kappa shape index (κ3) is 7.71. The van der Waals surface area contributed by atoms with Crippen molar-refractivity contribution < 1.29 is 4.79 Å². The highest BCUT2D eigenvalue weighted by Gasteiger charge is 2.09. The second-order valence-corrected chi connectivity index (χ2v) is 4.77. The minimum atomic E-state index is 0.306. The highest BCUT2D eigenvalue weighted by atomic mass is 32.2. The number of carbonyl (C=O) groups excluding carboxylic acids is 1. The normalized spacial score (nSPS) is 10.3. The Morgan fingerprint density at radius 2 is 1.87 bits per heavy atom. The van der Waals surface area contributed by atoms with Crippen LogP contribution < -0.4 is 0 Å². The van der Waals surface area contributed by atoms with Gasteiger partial charge < -0.3 is 4.90 Å². The molecule has 0 aliphatic carbocycles. The van der Waals surface area contributed by atoms with Gasteiger partial charge in [0, 0.05) is 25.3 Å². The van der Waals surface area contributed by atoms with Crippen LogP contribution in [-0.2, 0) is 4.79 Å². The zero-order chi connectivity index (χ0) is 11.5. The maximum absolute atomic E-state index is 11.6. The molecule has 0 aromatic rings. The van der Waals surface area contributed by atoms with Gasteiger partial charge in [-0.3, -0.25) is 4.79 Å². The van der Waals surface area contributed by atoms with E-state index in [9.17, 15) is 4.79 Å². The van der Waals surface area contributed by atoms with Crippen molar-refractivity contribution in [3.8, 4) is 0 Å². The van der Waals surface area contributed by atoms with Gasteiger partial charge in [-0.2, -0.15) is 11.8 Å². The summed E-state index contributed by atoms with van der Waals surface area (Å²) >= 11 is 1.81. The van der Waals surface area contributed by atoms with Crippen molar-refractivity contribution in [2.45, 2.75) is 46.0 Å². The number of thioether (sulfide) groups is 1. The number of hydrogen-bond acceptors (Lipinski definition) is 2. The molecule has 0 radical (unpaired) electrons. The highest BCUT2D eigenvalue weighted by molar-refractivity contribution is 7.98. The van der Waals surface area contributed by atoms with Crippen LogP contribution in [0.4, 0.5) is 0 Å². The minimum absolute atomic E-state index is 0.306. The van der Waals surface area contributed by atoms with Gasteiger partial charge in [0.1, 0.15) is 0 Å². The second-order valence-electron chi connectivity index (χ2n) is 3.79. The average Bonchev–Trinajstić information content (AvgIpc) is 2.27. The number of rotatable bonds is 9. The fourth-order valence-electron chi connectivity index (χ4n) is 1.52. The van der Waals surface area contributed by atoms with Crippen LogP contribution in [0.25, 0.3) is 0 Å². The average molecular weight is 231 g/mol. The first-order valence-electron chi connectivity index (χ1n) is 6.02. The number of nitrogens with zero attached hydrogens (tertiary/aromatic N) is 1. The van der Waals surface area contributed by atoms with Gasteiger partial charge in [-0.25, -0.2) is 0 Å². The third-order valence-corrected chi connectivity index (χ3v) is 3.09. The van der Waals surface area contributed by atoms with Crippen LogP contribution in [0.3, 0.4) is 0 Å². The van der Waals surface area contributed by atoms with E-state index in [4.69, 9.17) is 0 Å². The largest absolute Gasteiger partial charge is 0.342 e. The van der Waals surface area contributed by atoms with Crippen LogP contribution in [0.5, 0.6) is 0 Å². The van der Waals surface area contributed by atoms with Crippen molar-refractivity contribution in [3.05, 3.63) is 0 Å². The topological polar surface area (TPSA) is 20.3 Å². The Morgan fingerprint density at radius 3 is 2.40 bits per heavy atom. The van der Waals surface area contributed by atoms with E-state index < -0.39 is 0 Å². The second kappa shape index (κ2) is 10.3. The molecular weight excluding hydrogens is 206 g/mol. The summed E-state index contributed by atoms with van der Waals surface area (Å²) in [6.45, 7) is 6.02. The SMILES string of the molecule is CCCCCCN(CCSC)C(=O)CC. The molecule has 0 unspecified atom stereocenters. The van der Waals surface area contributed by atoms with E-state index in [2.05, 4.69) is 13.2 Å². The molecule has 0 rings (SSSR count). The Balaban J connectivity index is 3.74. The van der Waals surface area contributed by atoms with Gasteiger partial charge in [0.2, 0.25) is 5.91 Å². The Morgan fingerprint density at radius 1 is 1.13 bits per heavy atom. The van der Waals surface area contributed by atoms with Gasteiger partial charge >= 0.3 is 0 Å². The summed E-state index contributed by atoms with van der Waals surface area (Å²) in [4.78, 5) is 13.6. The van der Waals surface area contributed by atoms with Crippen molar-refractivity contribution in [3.63, 3.8) is 0 Å². The van der Waals surface area contributed by atoms with E-state index in [1.54, 1.807) is 0 Å². The molecular formula is C12H25NOS. The first kappa shape index (κ1) is 14.8. The minimum Gasteiger partial charge on any atom is -0.342 e. The first-order valence-corrected chi connectivity index (χ1v) is 7.42. The summed E-state index contributed by atoms with van der Waals surface area (Å²) in [5.74, 6) is 1.36. The van der Waals surface area contributed by atoms with E-state index in [1.807, 2.05) is 23.6 Å². The Bertz CT molecular complexity index is 162. The molecule has 0 N–H and O–H groups in total. The van der Waals surface area contributed by atoms with Gasteiger partial charge in [-0.05, 0) is 12.7 Å². The number of amides is 1. The molecule has 0 atom stereocenters. The lowest BCUT2D eigenvalue weighted by molar-refractivity contribution is -0.130. The molecule has 0 heterocycles. The molecule has 2 nitrogen and oxygen atoms in total.